The maximum Gasteiger partial charge on any atom is 0.243 e. The number of hydrogen-bond acceptors (Lipinski definition) is 5. The summed E-state index contributed by atoms with van der Waals surface area (Å²) in [6, 6.07) is 0. The second-order valence-electron chi connectivity index (χ2n) is 5.11. The summed E-state index contributed by atoms with van der Waals surface area (Å²) in [6.07, 6.45) is 8.12. The number of aromatic nitrogens is 2. The zero-order chi connectivity index (χ0) is 14.6. The molecule has 0 bridgehead atoms. The molecule has 2 rings (SSSR count). The van der Waals surface area contributed by atoms with Crippen LogP contribution >= 0.6 is 11.8 Å². The topological polar surface area (TPSA) is 76.0 Å². The number of nitrogens with zero attached hydrogens (tertiary/aromatic N) is 2. The number of nitrogens with one attached hydrogen (secondary N) is 2. The van der Waals surface area contributed by atoms with E-state index < -0.39 is 10.0 Å². The normalized spacial score (nSPS) is 17.3. The van der Waals surface area contributed by atoms with Gasteiger partial charge in [0.25, 0.3) is 0 Å². The molecule has 0 aliphatic heterocycles. The molecular weight excluding hydrogens is 296 g/mol. The van der Waals surface area contributed by atoms with Gasteiger partial charge in [-0.2, -0.15) is 16.9 Å². The van der Waals surface area contributed by atoms with Crippen LogP contribution in [0.3, 0.4) is 0 Å². The first-order valence-corrected chi connectivity index (χ1v) is 9.44. The van der Waals surface area contributed by atoms with Crippen LogP contribution in [0.5, 0.6) is 0 Å². The molecule has 1 aromatic rings. The van der Waals surface area contributed by atoms with E-state index in [0.29, 0.717) is 13.1 Å². The molecule has 0 saturated heterocycles. The molecule has 0 amide bonds. The highest BCUT2D eigenvalue weighted by Gasteiger charge is 2.42. The lowest BCUT2D eigenvalue weighted by Crippen LogP contribution is -2.31. The maximum atomic E-state index is 12.2. The molecule has 2 N–H and O–H groups in total. The third-order valence-electron chi connectivity index (χ3n) is 3.56. The third-order valence-corrected chi connectivity index (χ3v) is 6.33. The van der Waals surface area contributed by atoms with Gasteiger partial charge in [-0.05, 0) is 39.1 Å². The SMILES string of the molecule is CNCCCn1cc(S(=O)(=O)NCC2(SC)CC2)cn1. The minimum Gasteiger partial charge on any atom is -0.320 e. The summed E-state index contributed by atoms with van der Waals surface area (Å²) in [5.74, 6) is 0. The molecule has 1 aliphatic carbocycles. The largest absolute Gasteiger partial charge is 0.320 e. The van der Waals surface area contributed by atoms with Gasteiger partial charge in [0, 0.05) is 24.0 Å². The highest BCUT2D eigenvalue weighted by molar-refractivity contribution is 8.00. The molecule has 8 heteroatoms. The van der Waals surface area contributed by atoms with Crippen molar-refractivity contribution in [2.45, 2.75) is 35.4 Å². The summed E-state index contributed by atoms with van der Waals surface area (Å²) < 4.78 is 28.8. The van der Waals surface area contributed by atoms with E-state index in [1.807, 2.05) is 13.3 Å². The predicted molar refractivity (Wildman–Crippen MR) is 81.4 cm³/mol. The van der Waals surface area contributed by atoms with Crippen LogP contribution in [0.25, 0.3) is 0 Å². The Morgan fingerprint density at radius 3 is 2.85 bits per heavy atom. The Morgan fingerprint density at radius 1 is 1.50 bits per heavy atom. The van der Waals surface area contributed by atoms with Crippen molar-refractivity contribution < 1.29 is 8.42 Å². The first kappa shape index (κ1) is 15.8. The molecule has 6 nitrogen and oxygen atoms in total. The molecule has 1 aliphatic rings. The Bertz CT molecular complexity index is 537. The van der Waals surface area contributed by atoms with Crippen molar-refractivity contribution in [1.82, 2.24) is 19.8 Å². The Kier molecular flexibility index (Phi) is 5.11. The van der Waals surface area contributed by atoms with Gasteiger partial charge in [-0.3, -0.25) is 4.68 Å². The number of rotatable bonds is 9. The van der Waals surface area contributed by atoms with Gasteiger partial charge in [-0.25, -0.2) is 13.1 Å². The minimum absolute atomic E-state index is 0.121. The van der Waals surface area contributed by atoms with Crippen molar-refractivity contribution in [3.05, 3.63) is 12.4 Å². The van der Waals surface area contributed by atoms with Crippen LogP contribution in [0.1, 0.15) is 19.3 Å². The number of thioether (sulfide) groups is 1. The Morgan fingerprint density at radius 2 is 2.25 bits per heavy atom. The van der Waals surface area contributed by atoms with Crippen LogP contribution in [0.2, 0.25) is 0 Å². The maximum absolute atomic E-state index is 12.2. The highest BCUT2D eigenvalue weighted by Crippen LogP contribution is 2.46. The van der Waals surface area contributed by atoms with Crippen molar-refractivity contribution in [3.8, 4) is 0 Å². The van der Waals surface area contributed by atoms with Crippen molar-refractivity contribution in [3.63, 3.8) is 0 Å². The van der Waals surface area contributed by atoms with Crippen molar-refractivity contribution in [2.24, 2.45) is 0 Å². The molecule has 0 atom stereocenters. The first-order valence-electron chi connectivity index (χ1n) is 6.73. The molecule has 1 saturated carbocycles. The van der Waals surface area contributed by atoms with Crippen LogP contribution in [0.4, 0.5) is 0 Å². The molecule has 1 fully saturated rings. The molecule has 0 unspecified atom stereocenters. The zero-order valence-electron chi connectivity index (χ0n) is 11.9. The van der Waals surface area contributed by atoms with Crippen LogP contribution < -0.4 is 10.0 Å². The van der Waals surface area contributed by atoms with Crippen molar-refractivity contribution in [1.29, 1.82) is 0 Å². The van der Waals surface area contributed by atoms with E-state index in [4.69, 9.17) is 0 Å². The molecule has 0 radical (unpaired) electrons. The van der Waals surface area contributed by atoms with Gasteiger partial charge < -0.3 is 5.32 Å². The summed E-state index contributed by atoms with van der Waals surface area (Å²) in [4.78, 5) is 0.249. The molecule has 114 valence electrons. The lowest BCUT2D eigenvalue weighted by Gasteiger charge is -2.12. The van der Waals surface area contributed by atoms with Gasteiger partial charge in [-0.1, -0.05) is 0 Å². The summed E-state index contributed by atoms with van der Waals surface area (Å²) in [7, 11) is -1.54. The zero-order valence-corrected chi connectivity index (χ0v) is 13.6. The van der Waals surface area contributed by atoms with Gasteiger partial charge >= 0.3 is 0 Å². The molecule has 0 spiro atoms. The van der Waals surface area contributed by atoms with Crippen LogP contribution in [-0.4, -0.2) is 49.3 Å². The van der Waals surface area contributed by atoms with Crippen molar-refractivity contribution >= 4 is 21.8 Å². The fraction of sp³-hybridized carbons (Fsp3) is 0.750. The summed E-state index contributed by atoms with van der Waals surface area (Å²) in [5.41, 5.74) is 0. The number of aryl methyl sites for hydroxylation is 1. The van der Waals surface area contributed by atoms with E-state index in [-0.39, 0.29) is 9.64 Å². The second kappa shape index (κ2) is 6.46. The smallest absolute Gasteiger partial charge is 0.243 e. The number of sulfonamides is 1. The molecule has 0 aromatic carbocycles. The fourth-order valence-electron chi connectivity index (χ4n) is 1.93. The Balaban J connectivity index is 1.92. The minimum atomic E-state index is -3.44. The standard InChI is InChI=1S/C12H22N4O2S2/c1-13-6-3-7-16-9-11(8-14-16)20(17,18)15-10-12(19-2)4-5-12/h8-9,13,15H,3-7,10H2,1-2H3. The highest BCUT2D eigenvalue weighted by atomic mass is 32.2. The lowest BCUT2D eigenvalue weighted by atomic mass is 10.4. The number of hydrogen-bond donors (Lipinski definition) is 2. The van der Waals surface area contributed by atoms with Crippen LogP contribution in [0.15, 0.2) is 17.3 Å². The average Bonchev–Trinajstić information content (AvgIpc) is 3.06. The van der Waals surface area contributed by atoms with Crippen LogP contribution in [0, 0.1) is 0 Å². The fourth-order valence-corrected chi connectivity index (χ4v) is 3.82. The molecular formula is C12H22N4O2S2. The van der Waals surface area contributed by atoms with Gasteiger partial charge in [-0.15, -0.1) is 0 Å². The summed E-state index contributed by atoms with van der Waals surface area (Å²) in [6.45, 7) is 2.10. The van der Waals surface area contributed by atoms with Gasteiger partial charge in [0.1, 0.15) is 4.90 Å². The van der Waals surface area contributed by atoms with E-state index in [2.05, 4.69) is 15.1 Å². The summed E-state index contributed by atoms with van der Waals surface area (Å²) >= 11 is 1.74. The molecule has 20 heavy (non-hydrogen) atoms. The molecule has 1 aromatic heterocycles. The lowest BCUT2D eigenvalue weighted by molar-refractivity contribution is 0.560. The van der Waals surface area contributed by atoms with Gasteiger partial charge in [0.2, 0.25) is 10.0 Å². The van der Waals surface area contributed by atoms with Crippen LogP contribution in [-0.2, 0) is 16.6 Å². The van der Waals surface area contributed by atoms with Crippen molar-refractivity contribution in [2.75, 3.05) is 26.4 Å². The quantitative estimate of drug-likeness (QED) is 0.655. The Hall–Kier alpha value is -0.570. The summed E-state index contributed by atoms with van der Waals surface area (Å²) in [5, 5.41) is 7.15. The van der Waals surface area contributed by atoms with E-state index in [9.17, 15) is 8.42 Å². The van der Waals surface area contributed by atoms with E-state index in [1.54, 1.807) is 22.6 Å². The first-order chi connectivity index (χ1) is 9.51. The Labute approximate surface area is 124 Å². The van der Waals surface area contributed by atoms with E-state index in [1.165, 1.54) is 6.20 Å². The molecule has 1 heterocycles. The van der Waals surface area contributed by atoms with E-state index in [0.717, 1.165) is 25.8 Å². The van der Waals surface area contributed by atoms with Gasteiger partial charge in [0.15, 0.2) is 0 Å². The van der Waals surface area contributed by atoms with E-state index >= 15 is 0 Å². The second-order valence-corrected chi connectivity index (χ2v) is 8.15. The van der Waals surface area contributed by atoms with Gasteiger partial charge in [0.05, 0.1) is 6.20 Å². The average molecular weight is 318 g/mol. The third kappa shape index (κ3) is 3.97. The monoisotopic (exact) mass is 318 g/mol. The predicted octanol–water partition coefficient (Wildman–Crippen LogP) is 0.667.